The summed E-state index contributed by atoms with van der Waals surface area (Å²) in [6.07, 6.45) is 3.52. The molecule has 0 nitrogen and oxygen atoms in total. The average Bonchev–Trinajstić information content (AvgIpc) is 2.87. The topological polar surface area (TPSA) is 0 Å². The van der Waals surface area contributed by atoms with Gasteiger partial charge in [0.05, 0.1) is 0 Å². The molecule has 3 rings (SSSR count). The number of aryl methyl sites for hydroxylation is 4. The number of hydrogen-bond donors (Lipinski definition) is 0. The van der Waals surface area contributed by atoms with Crippen LogP contribution in [0.1, 0.15) is 66.5 Å². The number of rotatable bonds is 3. The van der Waals surface area contributed by atoms with E-state index in [1.54, 1.807) is 5.57 Å². The molecule has 30 heavy (non-hydrogen) atoms. The average molecular weight is 498 g/mol. The normalized spacial score (nSPS) is 13.5. The molecule has 2 aromatic carbocycles. The fraction of sp³-hybridized carbons (Fsp3) is 0.385. The molecule has 1 aliphatic carbocycles. The van der Waals surface area contributed by atoms with Gasteiger partial charge in [-0.2, -0.15) is 0 Å². The molecule has 4 heteroatoms. The number of halogens is 3. The zero-order valence-electron chi connectivity index (χ0n) is 19.0. The standard InChI is InChI=1S/C26H31.3ClH.Ti/c1-17-10-18(2)13-22(12-17)25(23-14-19(3)11-20(4)15-23)21-8-9-24(16-21)26(5,6)7;;;;/h9-15,25H,8H2,1-7H3;3*1H;/q;;;;+3/p-3. The van der Waals surface area contributed by atoms with Crippen molar-refractivity contribution in [3.63, 3.8) is 0 Å². The van der Waals surface area contributed by atoms with Crippen LogP contribution >= 0.6 is 0 Å². The Morgan fingerprint density at radius 2 is 1.07 bits per heavy atom. The first kappa shape index (κ1) is 29.5. The molecule has 0 saturated carbocycles. The summed E-state index contributed by atoms with van der Waals surface area (Å²) in [5.41, 5.74) is 11.5. The molecule has 2 aromatic rings. The molecular formula is C26H31Cl3Ti. The summed E-state index contributed by atoms with van der Waals surface area (Å²) in [5, 5.41) is 0. The number of benzene rings is 2. The number of hydrogen-bond acceptors (Lipinski definition) is 0. The first-order valence-corrected chi connectivity index (χ1v) is 10.7. The van der Waals surface area contributed by atoms with E-state index >= 15 is 0 Å². The van der Waals surface area contributed by atoms with Gasteiger partial charge in [0, 0.05) is 0 Å². The van der Waals surface area contributed by atoms with E-state index in [1.165, 1.54) is 42.8 Å². The minimum atomic E-state index is 0. The van der Waals surface area contributed by atoms with Gasteiger partial charge in [-0.05, 0) is 0 Å². The van der Waals surface area contributed by atoms with E-state index < -0.39 is 0 Å². The molecule has 0 bridgehead atoms. The van der Waals surface area contributed by atoms with Crippen molar-refractivity contribution in [1.82, 2.24) is 0 Å². The summed E-state index contributed by atoms with van der Waals surface area (Å²) in [6.45, 7) is 15.8. The third-order valence-electron chi connectivity index (χ3n) is 5.43. The molecule has 160 valence electrons. The molecule has 0 saturated heterocycles. The van der Waals surface area contributed by atoms with Gasteiger partial charge in [0.1, 0.15) is 0 Å². The maximum atomic E-state index is 2.46. The summed E-state index contributed by atoms with van der Waals surface area (Å²) >= 11 is 2.33. The fourth-order valence-electron chi connectivity index (χ4n) is 4.48. The molecule has 1 aliphatic rings. The van der Waals surface area contributed by atoms with Gasteiger partial charge in [0.25, 0.3) is 0 Å². The Kier molecular flexibility index (Phi) is 11.2. The summed E-state index contributed by atoms with van der Waals surface area (Å²) < 4.78 is 1.49. The summed E-state index contributed by atoms with van der Waals surface area (Å²) in [6, 6.07) is 14.1. The maximum absolute atomic E-state index is 2.46. The Morgan fingerprint density at radius 3 is 1.37 bits per heavy atom. The van der Waals surface area contributed by atoms with Crippen LogP contribution in [0.4, 0.5) is 0 Å². The number of allylic oxidation sites excluding steroid dienone is 4. The van der Waals surface area contributed by atoms with E-state index in [4.69, 9.17) is 0 Å². The third kappa shape index (κ3) is 6.50. The van der Waals surface area contributed by atoms with Crippen LogP contribution in [-0.2, 0) is 20.4 Å². The Balaban J connectivity index is 0.00000280. The Bertz CT molecular complexity index is 857. The van der Waals surface area contributed by atoms with E-state index in [1.807, 2.05) is 0 Å². The third-order valence-corrected chi connectivity index (χ3v) is 6.35. The van der Waals surface area contributed by atoms with Crippen LogP contribution in [0.25, 0.3) is 0 Å². The van der Waals surface area contributed by atoms with Gasteiger partial charge in [-0.3, -0.25) is 0 Å². The predicted octanol–water partition coefficient (Wildman–Crippen LogP) is -1.76. The minimum Gasteiger partial charge on any atom is -1.00 e. The predicted molar refractivity (Wildman–Crippen MR) is 113 cm³/mol. The zero-order chi connectivity index (χ0) is 19.9. The molecule has 0 aromatic heterocycles. The second-order valence-electron chi connectivity index (χ2n) is 9.25. The van der Waals surface area contributed by atoms with Gasteiger partial charge >= 0.3 is 178 Å². The molecule has 0 heterocycles. The molecule has 0 amide bonds. The van der Waals surface area contributed by atoms with E-state index in [0.29, 0.717) is 5.92 Å². The quantitative estimate of drug-likeness (QED) is 0.441. The largest absolute Gasteiger partial charge is 1.00 e. The molecule has 0 unspecified atom stereocenters. The van der Waals surface area contributed by atoms with Crippen molar-refractivity contribution in [2.75, 3.05) is 0 Å². The van der Waals surface area contributed by atoms with Gasteiger partial charge in [0.2, 0.25) is 0 Å². The molecule has 0 aliphatic heterocycles. The second kappa shape index (κ2) is 11.4. The van der Waals surface area contributed by atoms with E-state index in [9.17, 15) is 0 Å². The van der Waals surface area contributed by atoms with Crippen LogP contribution in [0.5, 0.6) is 0 Å². The monoisotopic (exact) mass is 496 g/mol. The van der Waals surface area contributed by atoms with E-state index in [-0.39, 0.29) is 42.6 Å². The second-order valence-corrected chi connectivity index (χ2v) is 10.0. The molecule has 0 N–H and O–H groups in total. The van der Waals surface area contributed by atoms with Crippen LogP contribution in [0.3, 0.4) is 0 Å². The van der Waals surface area contributed by atoms with Crippen molar-refractivity contribution in [3.05, 3.63) is 90.9 Å². The Hall–Kier alpha value is -0.496. The van der Waals surface area contributed by atoms with Crippen LogP contribution in [-0.4, -0.2) is 0 Å². The smallest absolute Gasteiger partial charge is 1.00 e. The van der Waals surface area contributed by atoms with Crippen LogP contribution < -0.4 is 37.2 Å². The van der Waals surface area contributed by atoms with Gasteiger partial charge in [0.15, 0.2) is 0 Å². The fourth-order valence-corrected chi connectivity index (χ4v) is 5.61. The van der Waals surface area contributed by atoms with Crippen molar-refractivity contribution in [1.29, 1.82) is 0 Å². The van der Waals surface area contributed by atoms with Crippen molar-refractivity contribution >= 4 is 0 Å². The molecule has 0 radical (unpaired) electrons. The van der Waals surface area contributed by atoms with Gasteiger partial charge in [-0.25, -0.2) is 0 Å². The zero-order valence-corrected chi connectivity index (χ0v) is 22.8. The van der Waals surface area contributed by atoms with Crippen molar-refractivity contribution in [2.45, 2.75) is 60.8 Å². The van der Waals surface area contributed by atoms with E-state index in [0.717, 1.165) is 6.42 Å². The summed E-state index contributed by atoms with van der Waals surface area (Å²) in [5.74, 6) is 0.332. The van der Waals surface area contributed by atoms with Gasteiger partial charge in [-0.15, -0.1) is 0 Å². The molecular weight excluding hydrogens is 467 g/mol. The van der Waals surface area contributed by atoms with Crippen molar-refractivity contribution < 1.29 is 57.7 Å². The minimum absolute atomic E-state index is 0. The first-order valence-electron chi connectivity index (χ1n) is 9.88. The molecule has 0 fully saturated rings. The Labute approximate surface area is 213 Å². The summed E-state index contributed by atoms with van der Waals surface area (Å²) in [4.78, 5) is 0. The van der Waals surface area contributed by atoms with Crippen molar-refractivity contribution in [2.24, 2.45) is 5.41 Å². The molecule has 0 atom stereocenters. The first-order chi connectivity index (χ1) is 12.6. The van der Waals surface area contributed by atoms with Crippen LogP contribution in [0.2, 0.25) is 0 Å². The van der Waals surface area contributed by atoms with Crippen molar-refractivity contribution in [3.8, 4) is 0 Å². The van der Waals surface area contributed by atoms with Gasteiger partial charge in [-0.1, -0.05) is 0 Å². The molecule has 0 spiro atoms. The van der Waals surface area contributed by atoms with Crippen LogP contribution in [0, 0.1) is 33.1 Å². The van der Waals surface area contributed by atoms with Gasteiger partial charge < -0.3 is 37.2 Å². The summed E-state index contributed by atoms with van der Waals surface area (Å²) in [7, 11) is 0. The Morgan fingerprint density at radius 1 is 0.700 bits per heavy atom. The van der Waals surface area contributed by atoms with E-state index in [2.05, 4.69) is 111 Å². The van der Waals surface area contributed by atoms with Crippen LogP contribution in [0.15, 0.2) is 57.5 Å². The SMILES string of the molecule is Cc1cc(C)cc(C(C2=[C]([Ti+3])C(C(C)(C)C)=CC2)c2cc(C)cc(C)c2)c1.[Cl-].[Cl-].[Cl-]. The maximum Gasteiger partial charge on any atom is -1.00 e.